The summed E-state index contributed by atoms with van der Waals surface area (Å²) in [6.07, 6.45) is -2.99. The number of hydrogen-bond donors (Lipinski definition) is 3. The Bertz CT molecular complexity index is 975. The number of urea groups is 1. The molecule has 0 aliphatic carbocycles. The van der Waals surface area contributed by atoms with Crippen molar-refractivity contribution < 1.29 is 22.8 Å². The van der Waals surface area contributed by atoms with Crippen molar-refractivity contribution in [2.45, 2.75) is 19.6 Å². The predicted octanol–water partition coefficient (Wildman–Crippen LogP) is 2.32. The van der Waals surface area contributed by atoms with Gasteiger partial charge in [0, 0.05) is 46.3 Å². The van der Waals surface area contributed by atoms with E-state index in [4.69, 9.17) is 0 Å². The lowest BCUT2D eigenvalue weighted by Crippen LogP contribution is -2.46. The number of alkyl halides is 3. The SMILES string of the molecule is CCNC(=O)Nc1cc(CN2CCN(c3ccc(C(=O)NC)nc3)CC2)cc(C(F)(F)F)n1. The minimum atomic E-state index is -4.62. The minimum absolute atomic E-state index is 0.147. The van der Waals surface area contributed by atoms with Crippen molar-refractivity contribution in [1.82, 2.24) is 25.5 Å². The molecule has 0 atom stereocenters. The van der Waals surface area contributed by atoms with Crippen LogP contribution in [0.2, 0.25) is 0 Å². The summed E-state index contributed by atoms with van der Waals surface area (Å²) in [5, 5.41) is 7.35. The molecule has 3 rings (SSSR count). The lowest BCUT2D eigenvalue weighted by atomic mass is 10.1. The van der Waals surface area contributed by atoms with Gasteiger partial charge in [0.15, 0.2) is 0 Å². The van der Waals surface area contributed by atoms with Crippen molar-refractivity contribution in [3.05, 3.63) is 47.4 Å². The summed E-state index contributed by atoms with van der Waals surface area (Å²) in [6.45, 7) is 4.89. The molecule has 12 heteroatoms. The maximum Gasteiger partial charge on any atom is 0.433 e. The van der Waals surface area contributed by atoms with Gasteiger partial charge in [0.05, 0.1) is 11.9 Å². The van der Waals surface area contributed by atoms with E-state index in [1.807, 2.05) is 11.0 Å². The van der Waals surface area contributed by atoms with Crippen LogP contribution in [0.4, 0.5) is 29.5 Å². The Hall–Kier alpha value is -3.41. The molecule has 0 saturated carbocycles. The summed E-state index contributed by atoms with van der Waals surface area (Å²) < 4.78 is 39.9. The molecule has 3 amide bonds. The second kappa shape index (κ2) is 10.5. The molecule has 1 aliphatic rings. The second-order valence-corrected chi connectivity index (χ2v) is 7.47. The zero-order valence-corrected chi connectivity index (χ0v) is 18.4. The number of nitrogens with zero attached hydrogens (tertiary/aromatic N) is 4. The Morgan fingerprint density at radius 3 is 2.42 bits per heavy atom. The van der Waals surface area contributed by atoms with E-state index in [0.29, 0.717) is 44.0 Å². The Labute approximate surface area is 189 Å². The van der Waals surface area contributed by atoms with Crippen molar-refractivity contribution in [3.63, 3.8) is 0 Å². The monoisotopic (exact) mass is 465 g/mol. The Morgan fingerprint density at radius 1 is 1.12 bits per heavy atom. The van der Waals surface area contributed by atoms with Gasteiger partial charge in [-0.2, -0.15) is 13.2 Å². The standard InChI is InChI=1S/C21H26F3N7O2/c1-3-26-20(33)29-18-11-14(10-17(28-18)21(22,23)24)13-30-6-8-31(9-7-30)15-4-5-16(27-12-15)19(32)25-2/h4-5,10-12H,3,6-9,13H2,1-2H3,(H,25,32)(H2,26,28,29,33). The summed E-state index contributed by atoms with van der Waals surface area (Å²) in [4.78, 5) is 35.2. The van der Waals surface area contributed by atoms with Crippen LogP contribution in [0.25, 0.3) is 0 Å². The van der Waals surface area contributed by atoms with E-state index in [1.54, 1.807) is 19.2 Å². The van der Waals surface area contributed by atoms with Crippen molar-refractivity contribution in [2.75, 3.05) is 50.0 Å². The normalized spacial score (nSPS) is 14.6. The first-order valence-corrected chi connectivity index (χ1v) is 10.5. The van der Waals surface area contributed by atoms with Crippen LogP contribution in [0.3, 0.4) is 0 Å². The molecule has 0 spiro atoms. The molecular weight excluding hydrogens is 439 g/mol. The zero-order valence-electron chi connectivity index (χ0n) is 18.4. The van der Waals surface area contributed by atoms with E-state index >= 15 is 0 Å². The Morgan fingerprint density at radius 2 is 1.85 bits per heavy atom. The van der Waals surface area contributed by atoms with E-state index in [9.17, 15) is 22.8 Å². The van der Waals surface area contributed by atoms with Gasteiger partial charge in [0.25, 0.3) is 5.91 Å². The van der Waals surface area contributed by atoms with E-state index in [1.165, 1.54) is 13.1 Å². The number of carbonyl (C=O) groups is 2. The molecule has 178 valence electrons. The highest BCUT2D eigenvalue weighted by Crippen LogP contribution is 2.30. The van der Waals surface area contributed by atoms with Crippen LogP contribution in [-0.2, 0) is 12.7 Å². The summed E-state index contributed by atoms with van der Waals surface area (Å²) in [5.41, 5.74) is 0.566. The summed E-state index contributed by atoms with van der Waals surface area (Å²) in [5.74, 6) is -0.408. The number of pyridine rings is 2. The molecule has 3 heterocycles. The Balaban J connectivity index is 1.65. The van der Waals surface area contributed by atoms with Gasteiger partial charge in [-0.1, -0.05) is 0 Å². The number of anilines is 2. The number of rotatable bonds is 6. The molecule has 1 fully saturated rings. The first-order chi connectivity index (χ1) is 15.7. The van der Waals surface area contributed by atoms with Crippen LogP contribution in [0.15, 0.2) is 30.5 Å². The number of nitrogens with one attached hydrogen (secondary N) is 3. The summed E-state index contributed by atoms with van der Waals surface area (Å²) >= 11 is 0. The molecule has 0 unspecified atom stereocenters. The van der Waals surface area contributed by atoms with E-state index in [2.05, 4.69) is 30.8 Å². The number of aromatic nitrogens is 2. The average Bonchev–Trinajstić information content (AvgIpc) is 2.78. The highest BCUT2D eigenvalue weighted by atomic mass is 19.4. The Kier molecular flexibility index (Phi) is 7.69. The number of carbonyl (C=O) groups excluding carboxylic acids is 2. The molecular formula is C21H26F3N7O2. The summed E-state index contributed by atoms with van der Waals surface area (Å²) in [6, 6.07) is 5.33. The highest BCUT2D eigenvalue weighted by Gasteiger charge is 2.33. The predicted molar refractivity (Wildman–Crippen MR) is 117 cm³/mol. The highest BCUT2D eigenvalue weighted by molar-refractivity contribution is 5.92. The van der Waals surface area contributed by atoms with Crippen molar-refractivity contribution in [1.29, 1.82) is 0 Å². The number of halogens is 3. The number of amides is 3. The molecule has 2 aromatic heterocycles. The molecule has 9 nitrogen and oxygen atoms in total. The molecule has 0 radical (unpaired) electrons. The second-order valence-electron chi connectivity index (χ2n) is 7.47. The molecule has 1 saturated heterocycles. The van der Waals surface area contributed by atoms with Crippen molar-refractivity contribution in [2.24, 2.45) is 0 Å². The fourth-order valence-corrected chi connectivity index (χ4v) is 3.47. The lowest BCUT2D eigenvalue weighted by Gasteiger charge is -2.36. The van der Waals surface area contributed by atoms with E-state index in [-0.39, 0.29) is 18.3 Å². The van der Waals surface area contributed by atoms with Gasteiger partial charge >= 0.3 is 12.2 Å². The average molecular weight is 465 g/mol. The van der Waals surface area contributed by atoms with Gasteiger partial charge in [-0.3, -0.25) is 15.0 Å². The van der Waals surface area contributed by atoms with Crippen LogP contribution >= 0.6 is 0 Å². The topological polar surface area (TPSA) is 102 Å². The fraction of sp³-hybridized carbons (Fsp3) is 0.429. The van der Waals surface area contributed by atoms with Crippen LogP contribution in [-0.4, -0.2) is 66.6 Å². The lowest BCUT2D eigenvalue weighted by molar-refractivity contribution is -0.141. The molecule has 2 aromatic rings. The summed E-state index contributed by atoms with van der Waals surface area (Å²) in [7, 11) is 1.54. The fourth-order valence-electron chi connectivity index (χ4n) is 3.47. The van der Waals surface area contributed by atoms with Crippen LogP contribution < -0.4 is 20.9 Å². The third-order valence-corrected chi connectivity index (χ3v) is 5.11. The van der Waals surface area contributed by atoms with Crippen LogP contribution in [0.1, 0.15) is 28.7 Å². The number of hydrogen-bond acceptors (Lipinski definition) is 6. The molecule has 1 aliphatic heterocycles. The third kappa shape index (κ3) is 6.54. The van der Waals surface area contributed by atoms with Gasteiger partial charge in [-0.15, -0.1) is 0 Å². The van der Waals surface area contributed by atoms with Gasteiger partial charge in [0.2, 0.25) is 0 Å². The molecule has 3 N–H and O–H groups in total. The van der Waals surface area contributed by atoms with Gasteiger partial charge in [0.1, 0.15) is 17.2 Å². The quantitative estimate of drug-likeness (QED) is 0.605. The van der Waals surface area contributed by atoms with Crippen molar-refractivity contribution >= 4 is 23.4 Å². The van der Waals surface area contributed by atoms with Gasteiger partial charge < -0.3 is 15.5 Å². The smallest absolute Gasteiger partial charge is 0.368 e. The molecule has 0 bridgehead atoms. The largest absolute Gasteiger partial charge is 0.433 e. The third-order valence-electron chi connectivity index (χ3n) is 5.11. The van der Waals surface area contributed by atoms with Gasteiger partial charge in [-0.05, 0) is 36.8 Å². The van der Waals surface area contributed by atoms with E-state index < -0.39 is 17.9 Å². The first-order valence-electron chi connectivity index (χ1n) is 10.5. The number of piperazine rings is 1. The van der Waals surface area contributed by atoms with E-state index in [0.717, 1.165) is 11.8 Å². The zero-order chi connectivity index (χ0) is 24.0. The maximum atomic E-state index is 13.3. The van der Waals surface area contributed by atoms with Crippen molar-refractivity contribution in [3.8, 4) is 0 Å². The molecule has 33 heavy (non-hydrogen) atoms. The van der Waals surface area contributed by atoms with Crippen LogP contribution in [0.5, 0.6) is 0 Å². The molecule has 0 aromatic carbocycles. The minimum Gasteiger partial charge on any atom is -0.368 e. The maximum absolute atomic E-state index is 13.3. The van der Waals surface area contributed by atoms with Crippen LogP contribution in [0, 0.1) is 0 Å². The van der Waals surface area contributed by atoms with Gasteiger partial charge in [-0.25, -0.2) is 14.8 Å². The first kappa shape index (κ1) is 24.2.